The molecule has 5 nitrogen and oxygen atoms in total. The van der Waals surface area contributed by atoms with Gasteiger partial charge in [-0.15, -0.1) is 0 Å². The minimum absolute atomic E-state index is 0.106. The molecule has 0 aromatic heterocycles. The van der Waals surface area contributed by atoms with Crippen molar-refractivity contribution in [2.45, 2.75) is 32.8 Å². The summed E-state index contributed by atoms with van der Waals surface area (Å²) < 4.78 is 5.69. The summed E-state index contributed by atoms with van der Waals surface area (Å²) in [5, 5.41) is 10.9. The van der Waals surface area contributed by atoms with Crippen LogP contribution in [0.3, 0.4) is 0 Å². The summed E-state index contributed by atoms with van der Waals surface area (Å²) in [7, 11) is 0. The number of ketones is 1. The third kappa shape index (κ3) is 1.88. The van der Waals surface area contributed by atoms with Gasteiger partial charge in [0.15, 0.2) is 5.78 Å². The van der Waals surface area contributed by atoms with Gasteiger partial charge in [0, 0.05) is 6.07 Å². The molecule has 0 bridgehead atoms. The zero-order valence-corrected chi connectivity index (χ0v) is 9.94. The van der Waals surface area contributed by atoms with Crippen LogP contribution in [0.4, 0.5) is 5.69 Å². The van der Waals surface area contributed by atoms with Crippen LogP contribution in [0.25, 0.3) is 0 Å². The fourth-order valence-corrected chi connectivity index (χ4v) is 2.02. The maximum Gasteiger partial charge on any atom is 0.283 e. The lowest BCUT2D eigenvalue weighted by atomic mass is 9.91. The van der Waals surface area contributed by atoms with Crippen LogP contribution >= 0.6 is 0 Å². The van der Waals surface area contributed by atoms with Crippen molar-refractivity contribution in [1.82, 2.24) is 0 Å². The van der Waals surface area contributed by atoms with E-state index in [0.717, 1.165) is 5.56 Å². The lowest BCUT2D eigenvalue weighted by molar-refractivity contribution is -0.385. The molecule has 0 unspecified atom stereocenters. The number of nitrogens with zero attached hydrogens (tertiary/aromatic N) is 1. The SMILES string of the molecule is Cc1ccc([N+](=O)[O-])c2c1OC(C)(C)CC2=O. The van der Waals surface area contributed by atoms with Crippen molar-refractivity contribution in [1.29, 1.82) is 0 Å². The van der Waals surface area contributed by atoms with Crippen LogP contribution in [0.1, 0.15) is 36.2 Å². The van der Waals surface area contributed by atoms with Crippen LogP contribution in [0.5, 0.6) is 5.75 Å². The first-order valence-electron chi connectivity index (χ1n) is 5.32. The van der Waals surface area contributed by atoms with E-state index < -0.39 is 10.5 Å². The van der Waals surface area contributed by atoms with E-state index in [1.54, 1.807) is 26.8 Å². The predicted octanol–water partition coefficient (Wildman–Crippen LogP) is 2.65. The highest BCUT2D eigenvalue weighted by molar-refractivity contribution is 6.04. The van der Waals surface area contributed by atoms with E-state index in [9.17, 15) is 14.9 Å². The Morgan fingerprint density at radius 2 is 2.06 bits per heavy atom. The number of fused-ring (bicyclic) bond motifs is 1. The van der Waals surface area contributed by atoms with Gasteiger partial charge in [-0.3, -0.25) is 14.9 Å². The summed E-state index contributed by atoms with van der Waals surface area (Å²) in [5.41, 5.74) is 0.0662. The van der Waals surface area contributed by atoms with E-state index in [1.165, 1.54) is 6.07 Å². The highest BCUT2D eigenvalue weighted by Crippen LogP contribution is 2.40. The Hall–Kier alpha value is -1.91. The number of carbonyl (C=O) groups is 1. The summed E-state index contributed by atoms with van der Waals surface area (Å²) in [6.45, 7) is 5.37. The van der Waals surface area contributed by atoms with E-state index in [1.807, 2.05) is 0 Å². The third-order valence-electron chi connectivity index (χ3n) is 2.77. The average Bonchev–Trinajstić information content (AvgIpc) is 2.17. The fraction of sp³-hybridized carbons (Fsp3) is 0.417. The molecular formula is C12H13NO4. The molecule has 0 saturated heterocycles. The highest BCUT2D eigenvalue weighted by Gasteiger charge is 2.38. The van der Waals surface area contributed by atoms with Gasteiger partial charge in [0.05, 0.1) is 11.3 Å². The van der Waals surface area contributed by atoms with Crippen molar-refractivity contribution in [3.05, 3.63) is 33.4 Å². The zero-order chi connectivity index (χ0) is 12.8. The summed E-state index contributed by atoms with van der Waals surface area (Å²) >= 11 is 0. The molecule has 0 spiro atoms. The van der Waals surface area contributed by atoms with Crippen LogP contribution in [-0.4, -0.2) is 16.3 Å². The number of benzene rings is 1. The van der Waals surface area contributed by atoms with Crippen LogP contribution in [0.2, 0.25) is 0 Å². The Kier molecular flexibility index (Phi) is 2.41. The first kappa shape index (κ1) is 11.6. The van der Waals surface area contributed by atoms with Gasteiger partial charge < -0.3 is 4.74 Å². The van der Waals surface area contributed by atoms with E-state index in [-0.39, 0.29) is 23.5 Å². The highest BCUT2D eigenvalue weighted by atomic mass is 16.6. The fourth-order valence-electron chi connectivity index (χ4n) is 2.02. The molecule has 17 heavy (non-hydrogen) atoms. The predicted molar refractivity (Wildman–Crippen MR) is 61.5 cm³/mol. The number of Topliss-reactive ketones (excluding diaryl/α,β-unsaturated/α-hetero) is 1. The van der Waals surface area contributed by atoms with Gasteiger partial charge in [-0.25, -0.2) is 0 Å². The lowest BCUT2D eigenvalue weighted by Crippen LogP contribution is -2.36. The van der Waals surface area contributed by atoms with E-state index in [0.29, 0.717) is 5.75 Å². The molecule has 0 saturated carbocycles. The molecule has 2 rings (SSSR count). The summed E-state index contributed by atoms with van der Waals surface area (Å²) in [5.74, 6) is 0.118. The first-order valence-corrected chi connectivity index (χ1v) is 5.32. The quantitative estimate of drug-likeness (QED) is 0.554. The molecule has 0 fully saturated rings. The van der Waals surface area contributed by atoms with Crippen LogP contribution in [0, 0.1) is 17.0 Å². The zero-order valence-electron chi connectivity index (χ0n) is 9.94. The summed E-state index contributed by atoms with van der Waals surface area (Å²) in [6, 6.07) is 2.96. The van der Waals surface area contributed by atoms with Gasteiger partial charge in [-0.1, -0.05) is 0 Å². The second-order valence-corrected chi connectivity index (χ2v) is 4.82. The molecule has 1 aliphatic heterocycles. The Balaban J connectivity index is 2.69. The van der Waals surface area contributed by atoms with Gasteiger partial charge in [0.25, 0.3) is 5.69 Å². The Bertz CT molecular complexity index is 519. The number of hydrogen-bond donors (Lipinski definition) is 0. The molecule has 5 heteroatoms. The molecule has 0 N–H and O–H groups in total. The molecule has 0 radical (unpaired) electrons. The molecule has 0 amide bonds. The number of nitro groups is 1. The number of hydrogen-bond acceptors (Lipinski definition) is 4. The molecule has 1 aromatic carbocycles. The smallest absolute Gasteiger partial charge is 0.283 e. The Morgan fingerprint density at radius 1 is 1.41 bits per heavy atom. The maximum atomic E-state index is 12.0. The second kappa shape index (κ2) is 3.55. The first-order chi connectivity index (χ1) is 7.82. The van der Waals surface area contributed by atoms with Gasteiger partial charge in [0.2, 0.25) is 0 Å². The number of nitro benzene ring substituents is 1. The molecule has 1 aromatic rings. The normalized spacial score (nSPS) is 17.2. The van der Waals surface area contributed by atoms with Gasteiger partial charge in [0.1, 0.15) is 16.9 Å². The van der Waals surface area contributed by atoms with Crippen molar-refractivity contribution >= 4 is 11.5 Å². The Labute approximate surface area is 98.5 Å². The van der Waals surface area contributed by atoms with Crippen molar-refractivity contribution in [3.8, 4) is 5.75 Å². The van der Waals surface area contributed by atoms with Crippen LogP contribution < -0.4 is 4.74 Å². The number of rotatable bonds is 1. The molecule has 0 atom stereocenters. The van der Waals surface area contributed by atoms with E-state index in [2.05, 4.69) is 0 Å². The summed E-state index contributed by atoms with van der Waals surface area (Å²) in [4.78, 5) is 22.3. The van der Waals surface area contributed by atoms with Crippen molar-refractivity contribution in [3.63, 3.8) is 0 Å². The molecule has 1 heterocycles. The lowest BCUT2D eigenvalue weighted by Gasteiger charge is -2.32. The second-order valence-electron chi connectivity index (χ2n) is 4.82. The molecular weight excluding hydrogens is 222 g/mol. The summed E-state index contributed by atoms with van der Waals surface area (Å²) in [6.07, 6.45) is 0.157. The monoisotopic (exact) mass is 235 g/mol. The number of ether oxygens (including phenoxy) is 1. The minimum Gasteiger partial charge on any atom is -0.486 e. The largest absolute Gasteiger partial charge is 0.486 e. The molecule has 0 aliphatic carbocycles. The van der Waals surface area contributed by atoms with Crippen LogP contribution in [0.15, 0.2) is 12.1 Å². The number of carbonyl (C=O) groups excluding carboxylic acids is 1. The van der Waals surface area contributed by atoms with E-state index >= 15 is 0 Å². The third-order valence-corrected chi connectivity index (χ3v) is 2.77. The van der Waals surface area contributed by atoms with E-state index in [4.69, 9.17) is 4.74 Å². The number of aryl methyl sites for hydroxylation is 1. The van der Waals surface area contributed by atoms with Gasteiger partial charge >= 0.3 is 0 Å². The van der Waals surface area contributed by atoms with Crippen molar-refractivity contribution in [2.75, 3.05) is 0 Å². The minimum atomic E-state index is -0.607. The topological polar surface area (TPSA) is 69.4 Å². The Morgan fingerprint density at radius 3 is 2.65 bits per heavy atom. The molecule has 1 aliphatic rings. The van der Waals surface area contributed by atoms with Crippen molar-refractivity contribution < 1.29 is 14.5 Å². The van der Waals surface area contributed by atoms with Crippen LogP contribution in [-0.2, 0) is 0 Å². The average molecular weight is 235 g/mol. The van der Waals surface area contributed by atoms with Crippen molar-refractivity contribution in [2.24, 2.45) is 0 Å². The van der Waals surface area contributed by atoms with Gasteiger partial charge in [-0.2, -0.15) is 0 Å². The standard InChI is InChI=1S/C12H13NO4/c1-7-4-5-8(13(15)16)10-9(14)6-12(2,3)17-11(7)10/h4-5H,6H2,1-3H3. The van der Waals surface area contributed by atoms with Gasteiger partial charge in [-0.05, 0) is 32.4 Å². The maximum absolute atomic E-state index is 12.0. The molecule has 90 valence electrons.